The second-order valence-electron chi connectivity index (χ2n) is 4.54. The van der Waals surface area contributed by atoms with Crippen molar-refractivity contribution in [3.05, 3.63) is 48.0 Å². The SMILES string of the molecule is COc1cccc(CNc2cc(N)cc(S(N)(=O)=O)c2)c1. The third-order valence-corrected chi connectivity index (χ3v) is 3.78. The largest absolute Gasteiger partial charge is 0.497 e. The number of nitrogens with two attached hydrogens (primary N) is 2. The Kier molecular flexibility index (Phi) is 4.35. The van der Waals surface area contributed by atoms with Crippen LogP contribution in [0.5, 0.6) is 5.75 Å². The van der Waals surface area contributed by atoms with Gasteiger partial charge in [-0.25, -0.2) is 13.6 Å². The van der Waals surface area contributed by atoms with E-state index in [4.69, 9.17) is 15.6 Å². The summed E-state index contributed by atoms with van der Waals surface area (Å²) in [5, 5.41) is 8.22. The molecule has 0 atom stereocenters. The Morgan fingerprint density at radius 3 is 2.62 bits per heavy atom. The quantitative estimate of drug-likeness (QED) is 0.726. The van der Waals surface area contributed by atoms with Crippen molar-refractivity contribution in [1.29, 1.82) is 0 Å². The Labute approximate surface area is 123 Å². The first-order valence-corrected chi connectivity index (χ1v) is 7.73. The Balaban J connectivity index is 2.18. The normalized spacial score (nSPS) is 11.1. The van der Waals surface area contributed by atoms with Crippen LogP contribution in [-0.4, -0.2) is 15.5 Å². The topological polar surface area (TPSA) is 107 Å². The van der Waals surface area contributed by atoms with Crippen LogP contribution in [0.3, 0.4) is 0 Å². The number of nitrogen functional groups attached to an aromatic ring is 1. The summed E-state index contributed by atoms with van der Waals surface area (Å²) in [6.07, 6.45) is 0. The lowest BCUT2D eigenvalue weighted by Gasteiger charge is -2.10. The second kappa shape index (κ2) is 6.02. The van der Waals surface area contributed by atoms with E-state index in [2.05, 4.69) is 5.32 Å². The Bertz CT molecular complexity index is 745. The molecule has 0 aliphatic heterocycles. The average Bonchev–Trinajstić information content (AvgIpc) is 2.44. The summed E-state index contributed by atoms with van der Waals surface area (Å²) >= 11 is 0. The van der Waals surface area contributed by atoms with Gasteiger partial charge in [-0.15, -0.1) is 0 Å². The number of sulfonamides is 1. The van der Waals surface area contributed by atoms with Gasteiger partial charge >= 0.3 is 0 Å². The molecule has 2 aromatic carbocycles. The van der Waals surface area contributed by atoms with E-state index in [1.807, 2.05) is 24.3 Å². The molecule has 7 heteroatoms. The van der Waals surface area contributed by atoms with Gasteiger partial charge < -0.3 is 15.8 Å². The third kappa shape index (κ3) is 4.11. The molecule has 0 amide bonds. The first kappa shape index (κ1) is 15.1. The zero-order valence-corrected chi connectivity index (χ0v) is 12.4. The molecule has 6 nitrogen and oxygen atoms in total. The average molecular weight is 307 g/mol. The Hall–Kier alpha value is -2.25. The molecule has 21 heavy (non-hydrogen) atoms. The second-order valence-corrected chi connectivity index (χ2v) is 6.10. The van der Waals surface area contributed by atoms with Crippen LogP contribution >= 0.6 is 0 Å². The van der Waals surface area contributed by atoms with E-state index in [-0.39, 0.29) is 4.90 Å². The zero-order chi connectivity index (χ0) is 15.5. The molecule has 0 aromatic heterocycles. The highest BCUT2D eigenvalue weighted by Gasteiger charge is 2.10. The van der Waals surface area contributed by atoms with Gasteiger partial charge in [-0.2, -0.15) is 0 Å². The predicted octanol–water partition coefficient (Wildman–Crippen LogP) is 1.54. The Morgan fingerprint density at radius 1 is 1.19 bits per heavy atom. The number of ether oxygens (including phenoxy) is 1. The monoisotopic (exact) mass is 307 g/mol. The van der Waals surface area contributed by atoms with Crippen molar-refractivity contribution < 1.29 is 13.2 Å². The number of hydrogen-bond donors (Lipinski definition) is 3. The first-order valence-electron chi connectivity index (χ1n) is 6.18. The van der Waals surface area contributed by atoms with Crippen molar-refractivity contribution in [3.8, 4) is 5.75 Å². The number of hydrogen-bond acceptors (Lipinski definition) is 5. The molecule has 2 rings (SSSR count). The first-order chi connectivity index (χ1) is 9.88. The van der Waals surface area contributed by atoms with E-state index >= 15 is 0 Å². The lowest BCUT2D eigenvalue weighted by atomic mass is 10.2. The molecule has 0 fully saturated rings. The molecule has 0 unspecified atom stereocenters. The predicted molar refractivity (Wildman–Crippen MR) is 82.5 cm³/mol. The summed E-state index contributed by atoms with van der Waals surface area (Å²) in [7, 11) is -2.18. The smallest absolute Gasteiger partial charge is 0.238 e. The fraction of sp³-hybridized carbons (Fsp3) is 0.143. The van der Waals surface area contributed by atoms with Gasteiger partial charge in [0.25, 0.3) is 0 Å². The summed E-state index contributed by atoms with van der Waals surface area (Å²) in [5.41, 5.74) is 7.60. The number of methoxy groups -OCH3 is 1. The maximum atomic E-state index is 11.4. The highest BCUT2D eigenvalue weighted by atomic mass is 32.2. The lowest BCUT2D eigenvalue weighted by Crippen LogP contribution is -2.13. The van der Waals surface area contributed by atoms with E-state index in [0.29, 0.717) is 17.9 Å². The summed E-state index contributed by atoms with van der Waals surface area (Å²) in [6.45, 7) is 0.505. The molecule has 0 spiro atoms. The van der Waals surface area contributed by atoms with Gasteiger partial charge in [-0.05, 0) is 35.9 Å². The van der Waals surface area contributed by atoms with Crippen molar-refractivity contribution in [1.82, 2.24) is 0 Å². The van der Waals surface area contributed by atoms with Crippen molar-refractivity contribution in [3.63, 3.8) is 0 Å². The van der Waals surface area contributed by atoms with Gasteiger partial charge in [0.2, 0.25) is 10.0 Å². The summed E-state index contributed by atoms with van der Waals surface area (Å²) < 4.78 is 27.9. The molecule has 0 aliphatic rings. The summed E-state index contributed by atoms with van der Waals surface area (Å²) in [6, 6.07) is 12.0. The van der Waals surface area contributed by atoms with E-state index in [0.717, 1.165) is 11.3 Å². The van der Waals surface area contributed by atoms with Crippen LogP contribution in [-0.2, 0) is 16.6 Å². The van der Waals surface area contributed by atoms with Crippen LogP contribution in [0.25, 0.3) is 0 Å². The van der Waals surface area contributed by atoms with Crippen molar-refractivity contribution in [2.45, 2.75) is 11.4 Å². The van der Waals surface area contributed by atoms with Gasteiger partial charge in [0.05, 0.1) is 12.0 Å². The molecule has 112 valence electrons. The standard InChI is InChI=1S/C14H17N3O3S/c1-20-13-4-2-3-10(5-13)9-17-12-6-11(15)7-14(8-12)21(16,18)19/h2-8,17H,9,15H2,1H3,(H2,16,18,19). The number of anilines is 2. The van der Waals surface area contributed by atoms with E-state index in [9.17, 15) is 8.42 Å². The number of benzene rings is 2. The van der Waals surface area contributed by atoms with Gasteiger partial charge in [0.1, 0.15) is 5.75 Å². The van der Waals surface area contributed by atoms with Gasteiger partial charge in [-0.1, -0.05) is 12.1 Å². The zero-order valence-electron chi connectivity index (χ0n) is 11.5. The van der Waals surface area contributed by atoms with Crippen molar-refractivity contribution in [2.75, 3.05) is 18.2 Å². The molecule has 0 bridgehead atoms. The van der Waals surface area contributed by atoms with Crippen LogP contribution in [0.2, 0.25) is 0 Å². The minimum Gasteiger partial charge on any atom is -0.497 e. The Morgan fingerprint density at radius 2 is 1.95 bits per heavy atom. The van der Waals surface area contributed by atoms with Gasteiger partial charge in [0.15, 0.2) is 0 Å². The van der Waals surface area contributed by atoms with Crippen LogP contribution in [0.1, 0.15) is 5.56 Å². The maximum Gasteiger partial charge on any atom is 0.238 e. The molecule has 5 N–H and O–H groups in total. The molecule has 2 aromatic rings. The van der Waals surface area contributed by atoms with E-state index in [1.165, 1.54) is 12.1 Å². The van der Waals surface area contributed by atoms with Crippen LogP contribution in [0.15, 0.2) is 47.4 Å². The lowest BCUT2D eigenvalue weighted by molar-refractivity contribution is 0.414. The number of rotatable bonds is 5. The molecule has 0 heterocycles. The minimum atomic E-state index is -3.78. The van der Waals surface area contributed by atoms with E-state index in [1.54, 1.807) is 13.2 Å². The van der Waals surface area contributed by atoms with Crippen LogP contribution < -0.4 is 20.9 Å². The molecule has 0 saturated heterocycles. The van der Waals surface area contributed by atoms with E-state index < -0.39 is 10.0 Å². The highest BCUT2D eigenvalue weighted by molar-refractivity contribution is 7.89. The minimum absolute atomic E-state index is 0.0179. The van der Waals surface area contributed by atoms with Crippen LogP contribution in [0.4, 0.5) is 11.4 Å². The summed E-state index contributed by atoms with van der Waals surface area (Å²) in [5.74, 6) is 0.757. The fourth-order valence-corrected chi connectivity index (χ4v) is 2.47. The van der Waals surface area contributed by atoms with Crippen molar-refractivity contribution >= 4 is 21.4 Å². The fourth-order valence-electron chi connectivity index (χ4n) is 1.87. The maximum absolute atomic E-state index is 11.4. The summed E-state index contributed by atoms with van der Waals surface area (Å²) in [4.78, 5) is -0.0179. The van der Waals surface area contributed by atoms with Gasteiger partial charge in [-0.3, -0.25) is 0 Å². The molecular weight excluding hydrogens is 290 g/mol. The van der Waals surface area contributed by atoms with Crippen LogP contribution in [0, 0.1) is 0 Å². The van der Waals surface area contributed by atoms with Crippen molar-refractivity contribution in [2.24, 2.45) is 5.14 Å². The molecule has 0 saturated carbocycles. The van der Waals surface area contributed by atoms with Gasteiger partial charge in [0, 0.05) is 17.9 Å². The highest BCUT2D eigenvalue weighted by Crippen LogP contribution is 2.21. The number of nitrogens with one attached hydrogen (secondary N) is 1. The number of primary sulfonamides is 1. The molecular formula is C14H17N3O3S. The molecule has 0 aliphatic carbocycles. The molecule has 0 radical (unpaired) electrons. The third-order valence-electron chi connectivity index (χ3n) is 2.89.